The zero-order valence-electron chi connectivity index (χ0n) is 14.3. The number of aliphatic hydroxyl groups is 1. The van der Waals surface area contributed by atoms with Crippen molar-refractivity contribution in [3.05, 3.63) is 65.0 Å². The fourth-order valence-electron chi connectivity index (χ4n) is 2.33. The van der Waals surface area contributed by atoms with Crippen LogP contribution in [0.4, 0.5) is 0 Å². The Labute approximate surface area is 147 Å². The molecule has 2 N–H and O–H groups in total. The van der Waals surface area contributed by atoms with E-state index < -0.39 is 5.97 Å². The van der Waals surface area contributed by atoms with E-state index in [0.717, 1.165) is 18.4 Å². The lowest BCUT2D eigenvalue weighted by Gasteiger charge is -2.11. The van der Waals surface area contributed by atoms with Crippen molar-refractivity contribution in [2.24, 2.45) is 0 Å². The molecule has 0 unspecified atom stereocenters. The number of ether oxygens (including phenoxy) is 1. The maximum Gasteiger partial charge on any atom is 0.331 e. The van der Waals surface area contributed by atoms with Crippen LogP contribution in [0.5, 0.6) is 5.75 Å². The Morgan fingerprint density at radius 3 is 2.60 bits per heavy atom. The average molecular weight is 341 g/mol. The summed E-state index contributed by atoms with van der Waals surface area (Å²) in [6, 6.07) is 13.1. The fraction of sp³-hybridized carbons (Fsp3) is 0.300. The number of rotatable bonds is 9. The van der Waals surface area contributed by atoms with Crippen molar-refractivity contribution in [3.8, 4) is 5.75 Å². The maximum atomic E-state index is 11.5. The molecule has 0 saturated heterocycles. The third kappa shape index (κ3) is 5.72. The number of benzene rings is 1. The SMILES string of the molecule is CCCCC(=Cc1nc(CO)ccc1OCc1ccccc1)C(=O)O. The highest BCUT2D eigenvalue weighted by Crippen LogP contribution is 2.23. The van der Waals surface area contributed by atoms with E-state index in [1.807, 2.05) is 37.3 Å². The van der Waals surface area contributed by atoms with Crippen LogP contribution in [0.1, 0.15) is 43.1 Å². The van der Waals surface area contributed by atoms with Crippen molar-refractivity contribution in [2.45, 2.75) is 39.4 Å². The summed E-state index contributed by atoms with van der Waals surface area (Å²) in [4.78, 5) is 15.8. The molecule has 0 fully saturated rings. The number of carboxylic acids is 1. The van der Waals surface area contributed by atoms with Gasteiger partial charge in [-0.15, -0.1) is 0 Å². The van der Waals surface area contributed by atoms with Gasteiger partial charge in [0.2, 0.25) is 0 Å². The van der Waals surface area contributed by atoms with Crippen molar-refractivity contribution in [2.75, 3.05) is 0 Å². The molecule has 5 nitrogen and oxygen atoms in total. The third-order valence-corrected chi connectivity index (χ3v) is 3.73. The monoisotopic (exact) mass is 341 g/mol. The molecule has 2 rings (SSSR count). The Morgan fingerprint density at radius 1 is 1.20 bits per heavy atom. The van der Waals surface area contributed by atoms with Gasteiger partial charge < -0.3 is 14.9 Å². The topological polar surface area (TPSA) is 79.7 Å². The second kappa shape index (κ2) is 9.59. The van der Waals surface area contributed by atoms with E-state index in [1.54, 1.807) is 12.1 Å². The minimum Gasteiger partial charge on any atom is -0.487 e. The zero-order valence-corrected chi connectivity index (χ0v) is 14.3. The normalized spacial score (nSPS) is 11.4. The number of unbranched alkanes of at least 4 members (excludes halogenated alkanes) is 1. The van der Waals surface area contributed by atoms with Gasteiger partial charge in [0.25, 0.3) is 0 Å². The summed E-state index contributed by atoms with van der Waals surface area (Å²) in [5.41, 5.74) is 2.19. The number of hydrogen-bond donors (Lipinski definition) is 2. The minimum atomic E-state index is -0.960. The second-order valence-electron chi connectivity index (χ2n) is 5.70. The molecule has 132 valence electrons. The van der Waals surface area contributed by atoms with E-state index in [-0.39, 0.29) is 12.2 Å². The number of carboxylic acid groups (broad SMARTS) is 1. The molecule has 5 heteroatoms. The highest BCUT2D eigenvalue weighted by atomic mass is 16.5. The Balaban J connectivity index is 2.28. The smallest absolute Gasteiger partial charge is 0.331 e. The molecule has 1 aromatic heterocycles. The number of aliphatic carboxylic acids is 1. The number of aliphatic hydroxyl groups excluding tert-OH is 1. The fourth-order valence-corrected chi connectivity index (χ4v) is 2.33. The van der Waals surface area contributed by atoms with Crippen molar-refractivity contribution >= 4 is 12.0 Å². The first kappa shape index (κ1) is 18.7. The first-order chi connectivity index (χ1) is 12.1. The third-order valence-electron chi connectivity index (χ3n) is 3.73. The molecule has 1 heterocycles. The Kier molecular flexibility index (Phi) is 7.16. The molecule has 25 heavy (non-hydrogen) atoms. The van der Waals surface area contributed by atoms with Crippen molar-refractivity contribution in [1.82, 2.24) is 4.98 Å². The molecule has 2 aromatic rings. The molecule has 0 bridgehead atoms. The van der Waals surface area contributed by atoms with Crippen LogP contribution < -0.4 is 4.74 Å². The van der Waals surface area contributed by atoms with Gasteiger partial charge in [0, 0.05) is 5.57 Å². The van der Waals surface area contributed by atoms with Crippen LogP contribution in [0.25, 0.3) is 6.08 Å². The van der Waals surface area contributed by atoms with E-state index in [1.165, 1.54) is 6.08 Å². The average Bonchev–Trinajstić information content (AvgIpc) is 2.64. The molecular formula is C20H23NO4. The summed E-state index contributed by atoms with van der Waals surface area (Å²) < 4.78 is 5.83. The van der Waals surface area contributed by atoms with Crippen molar-refractivity contribution < 1.29 is 19.7 Å². The number of pyridine rings is 1. The van der Waals surface area contributed by atoms with Crippen LogP contribution in [-0.2, 0) is 18.0 Å². The van der Waals surface area contributed by atoms with E-state index in [0.29, 0.717) is 30.2 Å². The molecule has 1 aromatic carbocycles. The van der Waals surface area contributed by atoms with Gasteiger partial charge in [0.05, 0.1) is 12.3 Å². The van der Waals surface area contributed by atoms with Gasteiger partial charge in [0.1, 0.15) is 18.1 Å². The number of carbonyl (C=O) groups is 1. The summed E-state index contributed by atoms with van der Waals surface area (Å²) in [5, 5.41) is 18.7. The van der Waals surface area contributed by atoms with Gasteiger partial charge in [-0.2, -0.15) is 0 Å². The lowest BCUT2D eigenvalue weighted by molar-refractivity contribution is -0.132. The molecular weight excluding hydrogens is 318 g/mol. The number of aromatic nitrogens is 1. The standard InChI is InChI=1S/C20H23NO4/c1-2-3-9-16(20(23)24)12-18-19(11-10-17(13-22)21-18)25-14-15-7-5-4-6-8-15/h4-8,10-12,22H,2-3,9,13-14H2,1H3,(H,23,24). The van der Waals surface area contributed by atoms with Gasteiger partial charge in [-0.25, -0.2) is 9.78 Å². The molecule has 0 spiro atoms. The largest absolute Gasteiger partial charge is 0.487 e. The molecule has 0 aliphatic carbocycles. The highest BCUT2D eigenvalue weighted by Gasteiger charge is 2.11. The summed E-state index contributed by atoms with van der Waals surface area (Å²) >= 11 is 0. The van der Waals surface area contributed by atoms with Crippen LogP contribution in [0.3, 0.4) is 0 Å². The van der Waals surface area contributed by atoms with E-state index in [4.69, 9.17) is 4.74 Å². The van der Waals surface area contributed by atoms with E-state index in [9.17, 15) is 15.0 Å². The first-order valence-electron chi connectivity index (χ1n) is 8.35. The van der Waals surface area contributed by atoms with Crippen molar-refractivity contribution in [1.29, 1.82) is 0 Å². The van der Waals surface area contributed by atoms with Crippen LogP contribution in [0.15, 0.2) is 48.0 Å². The summed E-state index contributed by atoms with van der Waals surface area (Å²) in [6.45, 7) is 2.16. The summed E-state index contributed by atoms with van der Waals surface area (Å²) in [5.74, 6) is -0.463. The van der Waals surface area contributed by atoms with Crippen LogP contribution >= 0.6 is 0 Å². The predicted octanol–water partition coefficient (Wildman–Crippen LogP) is 3.81. The summed E-state index contributed by atoms with van der Waals surface area (Å²) in [6.07, 6.45) is 3.70. The lowest BCUT2D eigenvalue weighted by Crippen LogP contribution is -2.04. The Morgan fingerprint density at radius 2 is 1.96 bits per heavy atom. The number of hydrogen-bond acceptors (Lipinski definition) is 4. The second-order valence-corrected chi connectivity index (χ2v) is 5.70. The molecule has 0 aliphatic rings. The summed E-state index contributed by atoms with van der Waals surface area (Å²) in [7, 11) is 0. The minimum absolute atomic E-state index is 0.211. The van der Waals surface area contributed by atoms with Crippen LogP contribution in [0.2, 0.25) is 0 Å². The first-order valence-corrected chi connectivity index (χ1v) is 8.35. The van der Waals surface area contributed by atoms with Gasteiger partial charge in [-0.05, 0) is 36.6 Å². The zero-order chi connectivity index (χ0) is 18.1. The number of nitrogens with zero attached hydrogens (tertiary/aromatic N) is 1. The maximum absolute atomic E-state index is 11.5. The van der Waals surface area contributed by atoms with E-state index in [2.05, 4.69) is 4.98 Å². The van der Waals surface area contributed by atoms with Gasteiger partial charge in [0.15, 0.2) is 0 Å². The molecule has 0 radical (unpaired) electrons. The molecule has 0 atom stereocenters. The molecule has 0 aliphatic heterocycles. The lowest BCUT2D eigenvalue weighted by atomic mass is 10.1. The van der Waals surface area contributed by atoms with Crippen LogP contribution in [0, 0.1) is 0 Å². The predicted molar refractivity (Wildman–Crippen MR) is 96.1 cm³/mol. The van der Waals surface area contributed by atoms with Crippen molar-refractivity contribution in [3.63, 3.8) is 0 Å². The van der Waals surface area contributed by atoms with Gasteiger partial charge in [-0.3, -0.25) is 0 Å². The van der Waals surface area contributed by atoms with Gasteiger partial charge >= 0.3 is 5.97 Å². The quantitative estimate of drug-likeness (QED) is 0.678. The highest BCUT2D eigenvalue weighted by molar-refractivity contribution is 5.92. The van der Waals surface area contributed by atoms with E-state index >= 15 is 0 Å². The Bertz CT molecular complexity index is 726. The molecule has 0 amide bonds. The molecule has 0 saturated carbocycles. The van der Waals surface area contributed by atoms with Gasteiger partial charge in [-0.1, -0.05) is 43.7 Å². The Hall–Kier alpha value is -2.66. The van der Waals surface area contributed by atoms with Crippen LogP contribution in [-0.4, -0.2) is 21.2 Å².